The molecule has 2 aromatic heterocycles. The van der Waals surface area contributed by atoms with Gasteiger partial charge in [0.05, 0.1) is 11.4 Å². The average molecular weight is 273 g/mol. The summed E-state index contributed by atoms with van der Waals surface area (Å²) in [6, 6.07) is 1.63. The molecule has 0 spiro atoms. The summed E-state index contributed by atoms with van der Waals surface area (Å²) in [7, 11) is 1.57. The molecular formula is C14H19N5O. The Morgan fingerprint density at radius 3 is 2.75 bits per heavy atom. The first-order valence-electron chi connectivity index (χ1n) is 6.52. The van der Waals surface area contributed by atoms with E-state index in [0.29, 0.717) is 17.1 Å². The fraction of sp³-hybridized carbons (Fsp3) is 0.357. The van der Waals surface area contributed by atoms with Crippen molar-refractivity contribution >= 4 is 5.91 Å². The molecule has 6 nitrogen and oxygen atoms in total. The first-order valence-corrected chi connectivity index (χ1v) is 6.52. The van der Waals surface area contributed by atoms with Crippen LogP contribution in [0.5, 0.6) is 0 Å². The van der Waals surface area contributed by atoms with Crippen LogP contribution in [0.4, 0.5) is 0 Å². The maximum Gasteiger partial charge on any atom is 0.269 e. The van der Waals surface area contributed by atoms with Crippen molar-refractivity contribution < 1.29 is 6.22 Å². The molecule has 0 aromatic carbocycles. The molecule has 0 aliphatic carbocycles. The maximum absolute atomic E-state index is 11.6. The fourth-order valence-corrected chi connectivity index (χ4v) is 1.84. The molecule has 6 heteroatoms. The standard InChI is InChI=1S/C14H17N5O.H2/c1-4-9(2)12-13(17-6-5-16-12)10-7-11(14(20)15-3)19-8-18-10;/h5-9H,4H2,1-3H3,(H,15,20);1H. The lowest BCUT2D eigenvalue weighted by atomic mass is 10.0. The van der Waals surface area contributed by atoms with Crippen LogP contribution in [0.2, 0.25) is 0 Å². The highest BCUT2D eigenvalue weighted by atomic mass is 16.1. The SMILES string of the molecule is CCC(C)c1nccnc1-c1cc(C(=O)NC)ncn1.[HH]. The van der Waals surface area contributed by atoms with E-state index in [1.807, 2.05) is 0 Å². The summed E-state index contributed by atoms with van der Waals surface area (Å²) >= 11 is 0. The number of hydrogen-bond donors (Lipinski definition) is 1. The molecule has 0 radical (unpaired) electrons. The second-order valence-electron chi connectivity index (χ2n) is 4.47. The van der Waals surface area contributed by atoms with Crippen LogP contribution in [-0.2, 0) is 0 Å². The minimum atomic E-state index is -0.248. The Bertz CT molecular complexity index is 620. The molecule has 0 aliphatic rings. The molecule has 1 unspecified atom stereocenters. The van der Waals surface area contributed by atoms with Gasteiger partial charge in [-0.25, -0.2) is 9.97 Å². The van der Waals surface area contributed by atoms with Gasteiger partial charge in [0.1, 0.15) is 17.7 Å². The van der Waals surface area contributed by atoms with Crippen molar-refractivity contribution in [3.05, 3.63) is 36.2 Å². The van der Waals surface area contributed by atoms with Crippen LogP contribution in [0.15, 0.2) is 24.8 Å². The van der Waals surface area contributed by atoms with Gasteiger partial charge in [-0.3, -0.25) is 14.8 Å². The van der Waals surface area contributed by atoms with Gasteiger partial charge in [0.25, 0.3) is 5.91 Å². The first kappa shape index (κ1) is 14.0. The highest BCUT2D eigenvalue weighted by molar-refractivity contribution is 5.92. The number of amides is 1. The molecular weight excluding hydrogens is 254 g/mol. The third-order valence-corrected chi connectivity index (χ3v) is 3.18. The average Bonchev–Trinajstić information content (AvgIpc) is 2.53. The van der Waals surface area contributed by atoms with Crippen LogP contribution in [0.3, 0.4) is 0 Å². The van der Waals surface area contributed by atoms with E-state index < -0.39 is 0 Å². The van der Waals surface area contributed by atoms with Gasteiger partial charge in [-0.1, -0.05) is 13.8 Å². The van der Waals surface area contributed by atoms with E-state index in [9.17, 15) is 4.79 Å². The van der Waals surface area contributed by atoms with Crippen LogP contribution in [-0.4, -0.2) is 32.9 Å². The van der Waals surface area contributed by atoms with Gasteiger partial charge in [-0.2, -0.15) is 0 Å². The summed E-state index contributed by atoms with van der Waals surface area (Å²) in [5, 5.41) is 2.54. The number of carbonyl (C=O) groups is 1. The zero-order valence-electron chi connectivity index (χ0n) is 11.8. The molecule has 0 bridgehead atoms. The smallest absolute Gasteiger partial charge is 0.269 e. The van der Waals surface area contributed by atoms with E-state index in [0.717, 1.165) is 12.1 Å². The van der Waals surface area contributed by atoms with Gasteiger partial charge in [-0.15, -0.1) is 0 Å². The fourth-order valence-electron chi connectivity index (χ4n) is 1.84. The first-order chi connectivity index (χ1) is 9.67. The molecule has 0 aliphatic heterocycles. The van der Waals surface area contributed by atoms with Crippen LogP contribution >= 0.6 is 0 Å². The lowest BCUT2D eigenvalue weighted by Crippen LogP contribution is -2.19. The number of nitrogens with zero attached hydrogens (tertiary/aromatic N) is 4. The summed E-state index contributed by atoms with van der Waals surface area (Å²) in [6.45, 7) is 4.19. The van der Waals surface area contributed by atoms with Gasteiger partial charge in [-0.05, 0) is 12.5 Å². The van der Waals surface area contributed by atoms with Gasteiger partial charge >= 0.3 is 0 Å². The molecule has 0 saturated carbocycles. The molecule has 0 saturated heterocycles. The van der Waals surface area contributed by atoms with Crippen molar-refractivity contribution in [2.45, 2.75) is 26.2 Å². The van der Waals surface area contributed by atoms with Crippen molar-refractivity contribution in [1.29, 1.82) is 0 Å². The van der Waals surface area contributed by atoms with E-state index in [-0.39, 0.29) is 13.3 Å². The van der Waals surface area contributed by atoms with Gasteiger partial charge in [0, 0.05) is 26.8 Å². The quantitative estimate of drug-likeness (QED) is 0.922. The van der Waals surface area contributed by atoms with E-state index in [1.54, 1.807) is 25.5 Å². The summed E-state index contributed by atoms with van der Waals surface area (Å²) in [5.74, 6) is 0.0275. The largest absolute Gasteiger partial charge is 0.354 e. The Kier molecular flexibility index (Phi) is 4.34. The Balaban J connectivity index is 0.00000220. The predicted molar refractivity (Wildman–Crippen MR) is 77.3 cm³/mol. The summed E-state index contributed by atoms with van der Waals surface area (Å²) in [5.41, 5.74) is 2.52. The third-order valence-electron chi connectivity index (χ3n) is 3.18. The molecule has 1 atom stereocenters. The molecule has 2 heterocycles. The van der Waals surface area contributed by atoms with Gasteiger partial charge < -0.3 is 5.32 Å². The number of hydrogen-bond acceptors (Lipinski definition) is 5. The van der Waals surface area contributed by atoms with Crippen LogP contribution in [0, 0.1) is 0 Å². The van der Waals surface area contributed by atoms with Crippen molar-refractivity contribution in [2.75, 3.05) is 7.05 Å². The monoisotopic (exact) mass is 273 g/mol. The zero-order valence-corrected chi connectivity index (χ0v) is 11.8. The highest BCUT2D eigenvalue weighted by Gasteiger charge is 2.16. The number of carbonyl (C=O) groups excluding carboxylic acids is 1. The normalized spacial score (nSPS) is 11.9. The lowest BCUT2D eigenvalue weighted by molar-refractivity contribution is 0.0958. The van der Waals surface area contributed by atoms with Gasteiger partial charge in [0.2, 0.25) is 0 Å². The number of rotatable bonds is 4. The van der Waals surface area contributed by atoms with Crippen LogP contribution in [0.1, 0.15) is 43.8 Å². The highest BCUT2D eigenvalue weighted by Crippen LogP contribution is 2.25. The second kappa shape index (κ2) is 6.18. The Morgan fingerprint density at radius 1 is 1.30 bits per heavy atom. The summed E-state index contributed by atoms with van der Waals surface area (Å²) < 4.78 is 0. The Morgan fingerprint density at radius 2 is 2.05 bits per heavy atom. The van der Waals surface area contributed by atoms with Gasteiger partial charge in [0.15, 0.2) is 0 Å². The summed E-state index contributed by atoms with van der Waals surface area (Å²) in [6.07, 6.45) is 5.63. The van der Waals surface area contributed by atoms with E-state index in [4.69, 9.17) is 0 Å². The molecule has 2 aromatic rings. The lowest BCUT2D eigenvalue weighted by Gasteiger charge is -2.12. The minimum absolute atomic E-state index is 0. The van der Waals surface area contributed by atoms with Crippen LogP contribution in [0.25, 0.3) is 11.4 Å². The van der Waals surface area contributed by atoms with E-state index >= 15 is 0 Å². The minimum Gasteiger partial charge on any atom is -0.354 e. The molecule has 1 amide bonds. The Hall–Kier alpha value is -2.37. The molecule has 0 fully saturated rings. The van der Waals surface area contributed by atoms with Crippen molar-refractivity contribution in [3.63, 3.8) is 0 Å². The topological polar surface area (TPSA) is 80.7 Å². The van der Waals surface area contributed by atoms with Crippen molar-refractivity contribution in [1.82, 2.24) is 25.3 Å². The van der Waals surface area contributed by atoms with E-state index in [2.05, 4.69) is 39.1 Å². The molecule has 2 rings (SSSR count). The second-order valence-corrected chi connectivity index (χ2v) is 4.47. The number of nitrogens with one attached hydrogen (secondary N) is 1. The number of aromatic nitrogens is 4. The molecule has 1 N–H and O–H groups in total. The molecule has 106 valence electrons. The third kappa shape index (κ3) is 2.79. The van der Waals surface area contributed by atoms with Crippen molar-refractivity contribution in [2.24, 2.45) is 0 Å². The van der Waals surface area contributed by atoms with E-state index in [1.165, 1.54) is 6.33 Å². The summed E-state index contributed by atoms with van der Waals surface area (Å²) in [4.78, 5) is 28.6. The van der Waals surface area contributed by atoms with Crippen LogP contribution < -0.4 is 5.32 Å². The Labute approximate surface area is 119 Å². The predicted octanol–water partition coefficient (Wildman–Crippen LogP) is 2.05. The zero-order chi connectivity index (χ0) is 14.5. The molecule has 20 heavy (non-hydrogen) atoms. The maximum atomic E-state index is 11.6. The van der Waals surface area contributed by atoms with Crippen molar-refractivity contribution in [3.8, 4) is 11.4 Å².